The van der Waals surface area contributed by atoms with E-state index in [4.69, 9.17) is 0 Å². The fourth-order valence-corrected chi connectivity index (χ4v) is 2.68. The van der Waals surface area contributed by atoms with Gasteiger partial charge in [-0.1, -0.05) is 72.8 Å². The Morgan fingerprint density at radius 2 is 1.57 bits per heavy atom. The van der Waals surface area contributed by atoms with E-state index in [1.165, 1.54) is 29.7 Å². The summed E-state index contributed by atoms with van der Waals surface area (Å²) in [5.74, 6) is 0. The van der Waals surface area contributed by atoms with Crippen molar-refractivity contribution in [1.29, 1.82) is 0 Å². The molecule has 0 saturated carbocycles. The van der Waals surface area contributed by atoms with Crippen LogP contribution in [0.5, 0.6) is 0 Å². The molecule has 1 aliphatic heterocycles. The number of hydrogen-bond acceptors (Lipinski definition) is 1. The molecule has 0 saturated heterocycles. The van der Waals surface area contributed by atoms with Crippen LogP contribution >= 0.6 is 0 Å². The molecule has 0 aliphatic carbocycles. The summed E-state index contributed by atoms with van der Waals surface area (Å²) in [5.41, 5.74) is 3.97. The third kappa shape index (κ3) is 3.85. The van der Waals surface area contributed by atoms with E-state index in [0.29, 0.717) is 0 Å². The molecule has 3 rings (SSSR count). The van der Waals surface area contributed by atoms with Gasteiger partial charge in [-0.15, -0.1) is 0 Å². The van der Waals surface area contributed by atoms with Crippen LogP contribution < -0.4 is 0 Å². The monoisotopic (exact) mass is 275 g/mol. The Labute approximate surface area is 127 Å². The maximum absolute atomic E-state index is 2.47. The molecule has 2 aromatic carbocycles. The van der Waals surface area contributed by atoms with Crippen molar-refractivity contribution in [3.05, 3.63) is 89.6 Å². The maximum Gasteiger partial charge on any atom is 0.0429 e. The second-order valence-electron chi connectivity index (χ2n) is 5.42. The van der Waals surface area contributed by atoms with Gasteiger partial charge < -0.3 is 4.90 Å². The van der Waals surface area contributed by atoms with Crippen molar-refractivity contribution < 1.29 is 0 Å². The Bertz CT molecular complexity index is 611. The molecule has 0 atom stereocenters. The maximum atomic E-state index is 2.47. The normalized spacial score (nSPS) is 15.2. The van der Waals surface area contributed by atoms with E-state index in [1.807, 2.05) is 0 Å². The topological polar surface area (TPSA) is 3.24 Å². The highest BCUT2D eigenvalue weighted by Crippen LogP contribution is 2.20. The zero-order valence-electron chi connectivity index (χ0n) is 12.3. The third-order valence-corrected chi connectivity index (χ3v) is 3.81. The number of benzene rings is 2. The van der Waals surface area contributed by atoms with Crippen molar-refractivity contribution in [2.75, 3.05) is 6.54 Å². The average molecular weight is 275 g/mol. The first-order chi connectivity index (χ1) is 10.4. The third-order valence-electron chi connectivity index (χ3n) is 3.81. The predicted octanol–water partition coefficient (Wildman–Crippen LogP) is 4.88. The molecule has 106 valence electrons. The Morgan fingerprint density at radius 1 is 0.857 bits per heavy atom. The first-order valence-corrected chi connectivity index (χ1v) is 7.64. The smallest absolute Gasteiger partial charge is 0.0429 e. The standard InChI is InChI=1S/C20H21N/c1-3-9-18(10-4-1)14-15-20-13-7-8-16-21(20)17-19-11-5-2-6-12-19/h1-6,9-15H,7-8,16-17H2/b15-14+. The van der Waals surface area contributed by atoms with Gasteiger partial charge in [-0.2, -0.15) is 0 Å². The highest BCUT2D eigenvalue weighted by atomic mass is 15.1. The second-order valence-corrected chi connectivity index (χ2v) is 5.42. The van der Waals surface area contributed by atoms with Crippen LogP contribution in [0.3, 0.4) is 0 Å². The molecule has 0 bridgehead atoms. The summed E-state index contributed by atoms with van der Waals surface area (Å²) in [4.78, 5) is 2.47. The minimum Gasteiger partial charge on any atom is -0.367 e. The summed E-state index contributed by atoms with van der Waals surface area (Å²) in [6.45, 7) is 2.13. The lowest BCUT2D eigenvalue weighted by Crippen LogP contribution is -2.25. The van der Waals surface area contributed by atoms with Crippen molar-refractivity contribution in [3.8, 4) is 0 Å². The minimum absolute atomic E-state index is 0.992. The van der Waals surface area contributed by atoms with E-state index in [-0.39, 0.29) is 0 Å². The Hall–Kier alpha value is -2.28. The quantitative estimate of drug-likeness (QED) is 0.768. The van der Waals surface area contributed by atoms with Gasteiger partial charge >= 0.3 is 0 Å². The molecular weight excluding hydrogens is 254 g/mol. The largest absolute Gasteiger partial charge is 0.367 e. The van der Waals surface area contributed by atoms with Gasteiger partial charge in [0.05, 0.1) is 0 Å². The van der Waals surface area contributed by atoms with Crippen molar-refractivity contribution in [1.82, 2.24) is 4.90 Å². The Kier molecular flexibility index (Phi) is 4.52. The van der Waals surface area contributed by atoms with E-state index in [1.54, 1.807) is 0 Å². The van der Waals surface area contributed by atoms with Crippen molar-refractivity contribution in [2.45, 2.75) is 19.4 Å². The zero-order valence-corrected chi connectivity index (χ0v) is 12.3. The molecule has 0 spiro atoms. The highest BCUT2D eigenvalue weighted by molar-refractivity contribution is 5.52. The lowest BCUT2D eigenvalue weighted by atomic mass is 10.1. The lowest BCUT2D eigenvalue weighted by molar-refractivity contribution is 0.326. The van der Waals surface area contributed by atoms with E-state index in [2.05, 4.69) is 83.8 Å². The van der Waals surface area contributed by atoms with E-state index < -0.39 is 0 Å². The van der Waals surface area contributed by atoms with Gasteiger partial charge in [-0.3, -0.25) is 0 Å². The number of rotatable bonds is 4. The highest BCUT2D eigenvalue weighted by Gasteiger charge is 2.11. The molecule has 21 heavy (non-hydrogen) atoms. The molecule has 1 nitrogen and oxygen atoms in total. The van der Waals surface area contributed by atoms with Gasteiger partial charge in [-0.25, -0.2) is 0 Å². The molecule has 0 radical (unpaired) electrons. The summed E-state index contributed by atoms with van der Waals surface area (Å²) in [6.07, 6.45) is 9.23. The summed E-state index contributed by atoms with van der Waals surface area (Å²) < 4.78 is 0. The average Bonchev–Trinajstić information content (AvgIpc) is 2.56. The SMILES string of the molecule is C1=C(/C=C/c2ccccc2)N(Cc2ccccc2)CCC1. The van der Waals surface area contributed by atoms with Crippen LogP contribution in [0.2, 0.25) is 0 Å². The Balaban J connectivity index is 1.73. The van der Waals surface area contributed by atoms with Crippen molar-refractivity contribution >= 4 is 6.08 Å². The summed E-state index contributed by atoms with van der Waals surface area (Å²) in [7, 11) is 0. The molecule has 1 aliphatic rings. The molecular formula is C20H21N. The van der Waals surface area contributed by atoms with Crippen LogP contribution in [-0.2, 0) is 6.54 Å². The summed E-state index contributed by atoms with van der Waals surface area (Å²) in [5, 5.41) is 0. The molecule has 0 fully saturated rings. The fourth-order valence-electron chi connectivity index (χ4n) is 2.68. The molecule has 2 aromatic rings. The Morgan fingerprint density at radius 3 is 2.33 bits per heavy atom. The van der Waals surface area contributed by atoms with Gasteiger partial charge in [0.2, 0.25) is 0 Å². The summed E-state index contributed by atoms with van der Waals surface area (Å²) in [6, 6.07) is 21.2. The lowest BCUT2D eigenvalue weighted by Gasteiger charge is -2.29. The molecule has 0 amide bonds. The van der Waals surface area contributed by atoms with Crippen LogP contribution in [0.15, 0.2) is 78.5 Å². The molecule has 0 N–H and O–H groups in total. The van der Waals surface area contributed by atoms with Crippen LogP contribution in [-0.4, -0.2) is 11.4 Å². The molecule has 1 heterocycles. The van der Waals surface area contributed by atoms with Crippen molar-refractivity contribution in [3.63, 3.8) is 0 Å². The van der Waals surface area contributed by atoms with Gasteiger partial charge in [0.1, 0.15) is 0 Å². The first-order valence-electron chi connectivity index (χ1n) is 7.64. The fraction of sp³-hybridized carbons (Fsp3) is 0.200. The van der Waals surface area contributed by atoms with E-state index in [9.17, 15) is 0 Å². The van der Waals surface area contributed by atoms with Crippen LogP contribution in [0.1, 0.15) is 24.0 Å². The summed E-state index contributed by atoms with van der Waals surface area (Å²) >= 11 is 0. The van der Waals surface area contributed by atoms with Gasteiger partial charge in [0, 0.05) is 18.8 Å². The number of allylic oxidation sites excluding steroid dienone is 2. The predicted molar refractivity (Wildman–Crippen MR) is 89.6 cm³/mol. The van der Waals surface area contributed by atoms with Crippen molar-refractivity contribution in [2.24, 2.45) is 0 Å². The van der Waals surface area contributed by atoms with Crippen LogP contribution in [0.25, 0.3) is 6.08 Å². The van der Waals surface area contributed by atoms with Gasteiger partial charge in [0.15, 0.2) is 0 Å². The molecule has 0 unspecified atom stereocenters. The number of nitrogens with zero attached hydrogens (tertiary/aromatic N) is 1. The minimum atomic E-state index is 0.992. The first kappa shape index (κ1) is 13.7. The number of hydrogen-bond donors (Lipinski definition) is 0. The van der Waals surface area contributed by atoms with Crippen LogP contribution in [0.4, 0.5) is 0 Å². The van der Waals surface area contributed by atoms with Gasteiger partial charge in [-0.05, 0) is 30.0 Å². The molecule has 0 aromatic heterocycles. The van der Waals surface area contributed by atoms with Crippen LogP contribution in [0, 0.1) is 0 Å². The van der Waals surface area contributed by atoms with E-state index in [0.717, 1.165) is 13.1 Å². The van der Waals surface area contributed by atoms with E-state index >= 15 is 0 Å². The second kappa shape index (κ2) is 6.94. The zero-order chi connectivity index (χ0) is 14.3. The molecule has 1 heteroatoms. The van der Waals surface area contributed by atoms with Gasteiger partial charge in [0.25, 0.3) is 0 Å².